The molecule has 4 N–H and O–H groups in total. The van der Waals surface area contributed by atoms with Gasteiger partial charge in [0.25, 0.3) is 0 Å². The summed E-state index contributed by atoms with van der Waals surface area (Å²) in [7, 11) is 0. The van der Waals surface area contributed by atoms with E-state index in [-0.39, 0.29) is 0 Å². The topological polar surface area (TPSA) is 48.1 Å². The maximum atomic E-state index is 4.33. The summed E-state index contributed by atoms with van der Waals surface area (Å²) in [5.41, 5.74) is 0.470. The summed E-state index contributed by atoms with van der Waals surface area (Å²) in [5, 5.41) is 16.9. The summed E-state index contributed by atoms with van der Waals surface area (Å²) in [6.07, 6.45) is 19.2. The van der Waals surface area contributed by atoms with Crippen LogP contribution < -0.4 is 21.3 Å². The largest absolute Gasteiger partial charge is 0.314 e. The van der Waals surface area contributed by atoms with Gasteiger partial charge in [0.05, 0.1) is 0 Å². The first-order chi connectivity index (χ1) is 15.9. The van der Waals surface area contributed by atoms with E-state index in [4.69, 9.17) is 0 Å². The summed E-state index contributed by atoms with van der Waals surface area (Å²) < 4.78 is 0. The van der Waals surface area contributed by atoms with Crippen molar-refractivity contribution in [3.05, 3.63) is 0 Å². The van der Waals surface area contributed by atoms with Crippen molar-refractivity contribution in [1.82, 2.24) is 21.3 Å². The van der Waals surface area contributed by atoms with Gasteiger partial charge in [-0.15, -0.1) is 0 Å². The van der Waals surface area contributed by atoms with Gasteiger partial charge in [0.2, 0.25) is 0 Å². The van der Waals surface area contributed by atoms with E-state index in [9.17, 15) is 0 Å². The van der Waals surface area contributed by atoms with Gasteiger partial charge >= 0.3 is 0 Å². The third kappa shape index (κ3) is 2.96. The molecule has 7 fully saturated rings. The second kappa shape index (κ2) is 8.54. The average Bonchev–Trinajstić information content (AvgIpc) is 3.16. The zero-order valence-corrected chi connectivity index (χ0v) is 20.3. The fourth-order valence-electron chi connectivity index (χ4n) is 11.4. The molecule has 1 spiro atoms. The van der Waals surface area contributed by atoms with Crippen LogP contribution in [0.5, 0.6) is 0 Å². The highest BCUT2D eigenvalue weighted by Crippen LogP contribution is 2.67. The highest BCUT2D eigenvalue weighted by atomic mass is 15.1. The lowest BCUT2D eigenvalue weighted by molar-refractivity contribution is -0.0297. The van der Waals surface area contributed by atoms with Gasteiger partial charge in [0.1, 0.15) is 0 Å². The van der Waals surface area contributed by atoms with Crippen LogP contribution in [-0.4, -0.2) is 57.1 Å². The standard InChI is InChI=1S/C27H47BN4/c1-2-8-18(9-3-1)28-21-12-6-16-31-25(21)27(26-22(28)13-7-17-32-26)19-10-4-14-29-23(19)24-20(27)11-5-15-30-24/h18-26,29-32H,1-17H2. The molecule has 5 heterocycles. The van der Waals surface area contributed by atoms with E-state index >= 15 is 0 Å². The number of hydrogen-bond acceptors (Lipinski definition) is 4. The van der Waals surface area contributed by atoms with Crippen LogP contribution in [0.25, 0.3) is 0 Å². The molecule has 5 aliphatic heterocycles. The Morgan fingerprint density at radius 2 is 1.00 bits per heavy atom. The van der Waals surface area contributed by atoms with Crippen molar-refractivity contribution in [3.63, 3.8) is 0 Å². The molecule has 7 aliphatic rings. The summed E-state index contributed by atoms with van der Waals surface area (Å²) in [5.74, 6) is 4.62. The van der Waals surface area contributed by atoms with Crippen LogP contribution in [0.1, 0.15) is 83.5 Å². The lowest BCUT2D eigenvalue weighted by Crippen LogP contribution is -2.74. The quantitative estimate of drug-likeness (QED) is 0.471. The van der Waals surface area contributed by atoms with E-state index in [0.717, 1.165) is 48.1 Å². The maximum Gasteiger partial charge on any atom is 0.153 e. The van der Waals surface area contributed by atoms with Gasteiger partial charge in [-0.2, -0.15) is 0 Å². The minimum absolute atomic E-state index is 0.470. The molecular formula is C27H47BN4. The Bertz CT molecular complexity index is 633. The van der Waals surface area contributed by atoms with Crippen molar-refractivity contribution >= 4 is 6.71 Å². The molecule has 0 aromatic carbocycles. The van der Waals surface area contributed by atoms with Gasteiger partial charge in [0.15, 0.2) is 6.71 Å². The molecule has 178 valence electrons. The minimum atomic E-state index is 0.470. The summed E-state index contributed by atoms with van der Waals surface area (Å²) in [6.45, 7) is 6.02. The van der Waals surface area contributed by atoms with Crippen LogP contribution in [-0.2, 0) is 0 Å². The monoisotopic (exact) mass is 438 g/mol. The number of nitrogens with one attached hydrogen (secondary N) is 4. The van der Waals surface area contributed by atoms with Gasteiger partial charge in [-0.3, -0.25) is 0 Å². The molecule has 0 aromatic rings. The van der Waals surface area contributed by atoms with E-state index in [0.29, 0.717) is 17.5 Å². The lowest BCUT2D eigenvalue weighted by Gasteiger charge is -2.66. The van der Waals surface area contributed by atoms with Crippen molar-refractivity contribution in [2.24, 2.45) is 17.3 Å². The van der Waals surface area contributed by atoms with Crippen molar-refractivity contribution in [1.29, 1.82) is 0 Å². The minimum Gasteiger partial charge on any atom is -0.314 e. The summed E-state index contributed by atoms with van der Waals surface area (Å²) >= 11 is 0. The van der Waals surface area contributed by atoms with Crippen LogP contribution >= 0.6 is 0 Å². The van der Waals surface area contributed by atoms with E-state index in [2.05, 4.69) is 21.3 Å². The van der Waals surface area contributed by atoms with E-state index in [1.165, 1.54) is 110 Å². The Kier molecular flexibility index (Phi) is 5.66. The zero-order chi connectivity index (χ0) is 21.1. The Balaban J connectivity index is 1.36. The average molecular weight is 439 g/mol. The third-order valence-electron chi connectivity index (χ3n) is 12.0. The molecule has 0 amide bonds. The summed E-state index contributed by atoms with van der Waals surface area (Å²) in [6, 6.07) is 2.96. The Hall–Kier alpha value is -0.0951. The van der Waals surface area contributed by atoms with Crippen LogP contribution in [0.2, 0.25) is 17.5 Å². The third-order valence-corrected chi connectivity index (χ3v) is 12.0. The first kappa shape index (κ1) is 21.2. The zero-order valence-electron chi connectivity index (χ0n) is 20.3. The predicted octanol–water partition coefficient (Wildman–Crippen LogP) is 3.81. The first-order valence-corrected chi connectivity index (χ1v) is 14.8. The van der Waals surface area contributed by atoms with Crippen molar-refractivity contribution in [2.45, 2.75) is 125 Å². The fourth-order valence-corrected chi connectivity index (χ4v) is 11.4. The molecule has 0 aromatic heterocycles. The van der Waals surface area contributed by atoms with E-state index < -0.39 is 0 Å². The number of rotatable bonds is 1. The summed E-state index contributed by atoms with van der Waals surface area (Å²) in [4.78, 5) is 0. The predicted molar refractivity (Wildman–Crippen MR) is 134 cm³/mol. The molecule has 2 saturated carbocycles. The van der Waals surface area contributed by atoms with Crippen LogP contribution in [0.3, 0.4) is 0 Å². The van der Waals surface area contributed by atoms with Crippen LogP contribution in [0.15, 0.2) is 0 Å². The highest BCUT2D eigenvalue weighted by Gasteiger charge is 2.72. The van der Waals surface area contributed by atoms with Crippen molar-refractivity contribution in [3.8, 4) is 0 Å². The molecule has 7 rings (SSSR count). The van der Waals surface area contributed by atoms with Crippen LogP contribution in [0.4, 0.5) is 0 Å². The molecule has 0 radical (unpaired) electrons. The van der Waals surface area contributed by atoms with Crippen molar-refractivity contribution in [2.75, 3.05) is 26.2 Å². The van der Waals surface area contributed by atoms with Gasteiger partial charge in [-0.1, -0.05) is 50.8 Å². The molecule has 8 unspecified atom stereocenters. The molecular weight excluding hydrogens is 391 g/mol. The van der Waals surface area contributed by atoms with Crippen LogP contribution in [0, 0.1) is 17.3 Å². The van der Waals surface area contributed by atoms with Crippen molar-refractivity contribution < 1.29 is 0 Å². The Morgan fingerprint density at radius 3 is 1.56 bits per heavy atom. The van der Waals surface area contributed by atoms with Gasteiger partial charge in [-0.25, -0.2) is 0 Å². The molecule has 32 heavy (non-hydrogen) atoms. The lowest BCUT2D eigenvalue weighted by atomic mass is 9.18. The van der Waals surface area contributed by atoms with Gasteiger partial charge in [-0.05, 0) is 88.2 Å². The Morgan fingerprint density at radius 1 is 0.500 bits per heavy atom. The number of piperidine rings is 4. The fraction of sp³-hybridized carbons (Fsp3) is 1.00. The van der Waals surface area contributed by atoms with Gasteiger partial charge < -0.3 is 21.3 Å². The van der Waals surface area contributed by atoms with Gasteiger partial charge in [0, 0.05) is 29.6 Å². The second-order valence-corrected chi connectivity index (χ2v) is 12.9. The Labute approximate surface area is 196 Å². The maximum absolute atomic E-state index is 4.33. The number of hydrogen-bond donors (Lipinski definition) is 4. The second-order valence-electron chi connectivity index (χ2n) is 12.9. The SMILES string of the molecule is C1CCC(B2C3CCCNC3C3(C4CCCNC4C4NCCCC43)C3NCCCC23)CC1. The van der Waals surface area contributed by atoms with E-state index in [1.54, 1.807) is 0 Å². The highest BCUT2D eigenvalue weighted by molar-refractivity contribution is 6.64. The normalized spacial score (nSPS) is 51.6. The molecule has 5 saturated heterocycles. The molecule has 4 nitrogen and oxygen atoms in total. The molecule has 0 bridgehead atoms. The molecule has 8 atom stereocenters. The smallest absolute Gasteiger partial charge is 0.153 e. The van der Waals surface area contributed by atoms with E-state index in [1.807, 2.05) is 0 Å². The molecule has 2 aliphatic carbocycles. The first-order valence-electron chi connectivity index (χ1n) is 14.8. The molecule has 5 heteroatoms. The number of fused-ring (bicyclic) bond motifs is 9.